The normalized spacial score (nSPS) is 10.9. The molecule has 63 heavy (non-hydrogen) atoms. The van der Waals surface area contributed by atoms with Gasteiger partial charge in [-0.25, -0.2) is 37.7 Å². The van der Waals surface area contributed by atoms with Crippen molar-refractivity contribution in [2.75, 3.05) is 47.9 Å². The number of halogens is 2. The first-order valence-electron chi connectivity index (χ1n) is 19.9. The number of ether oxygens (including phenoxy) is 2. The molecule has 0 fully saturated rings. The van der Waals surface area contributed by atoms with Gasteiger partial charge in [0.05, 0.1) is 13.2 Å². The van der Waals surface area contributed by atoms with Crippen LogP contribution in [0.25, 0.3) is 0 Å². The number of esters is 2. The number of hydrogen-bond acceptors (Lipinski definition) is 15. The van der Waals surface area contributed by atoms with E-state index >= 15 is 0 Å². The predicted octanol–water partition coefficient (Wildman–Crippen LogP) is 1.24. The van der Waals surface area contributed by atoms with Crippen molar-refractivity contribution in [3.05, 3.63) is 67.0 Å². The third-order valence-electron chi connectivity index (χ3n) is 7.81. The minimum atomic E-state index is -0.933. The molecular formula is C42H67BF2N4NaO13. The van der Waals surface area contributed by atoms with Gasteiger partial charge in [0.25, 0.3) is 11.1 Å². The summed E-state index contributed by atoms with van der Waals surface area (Å²) in [6.45, 7) is 18.8. The fourth-order valence-electron chi connectivity index (χ4n) is 4.96. The Morgan fingerprint density at radius 2 is 1.08 bits per heavy atom. The largest absolute Gasteiger partial charge is 1.00 e. The minimum Gasteiger partial charge on any atom is -0.793 e. The van der Waals surface area contributed by atoms with Crippen LogP contribution in [-0.2, 0) is 65.5 Å². The Bertz CT molecular complexity index is 1830. The van der Waals surface area contributed by atoms with E-state index in [9.17, 15) is 47.1 Å². The van der Waals surface area contributed by atoms with E-state index in [0.717, 1.165) is 30.5 Å². The van der Waals surface area contributed by atoms with E-state index in [1.54, 1.807) is 27.0 Å². The summed E-state index contributed by atoms with van der Waals surface area (Å²) in [5, 5.41) is 2.75. The number of carbonyl (C=O) groups excluding carboxylic acids is 6. The van der Waals surface area contributed by atoms with Crippen molar-refractivity contribution in [1.29, 1.82) is 0 Å². The van der Waals surface area contributed by atoms with Gasteiger partial charge >= 0.3 is 53.4 Å². The molecule has 0 aliphatic rings. The van der Waals surface area contributed by atoms with Crippen molar-refractivity contribution < 1.29 is 91.0 Å². The average molecular weight is 908 g/mol. The number of aromatic nitrogens is 2. The number of aldehydes is 1. The van der Waals surface area contributed by atoms with E-state index in [4.69, 9.17) is 9.47 Å². The zero-order chi connectivity index (χ0) is 48.9. The van der Waals surface area contributed by atoms with Crippen molar-refractivity contribution in [3.8, 4) is 0 Å². The molecule has 2 aromatic heterocycles. The Balaban J connectivity index is -0.000000408. The molecule has 21 heteroatoms. The van der Waals surface area contributed by atoms with E-state index in [1.165, 1.54) is 24.6 Å². The van der Waals surface area contributed by atoms with Crippen molar-refractivity contribution in [1.82, 2.24) is 19.4 Å². The topological polar surface area (TPSA) is 208 Å². The number of likely N-dealkylation sites (N-methyl/N-ethyl adjacent to an activating group) is 1. The molecule has 2 atom stereocenters. The SMILES string of the molecule is CC(=O)OOC(C)=O.CCOC(=O)C(CC(C)C)n1cc(CC=O)c(C)c(F)c1=O.CCOC(=O)C(CC(C)C)n1cc(CCN(C)C)c(C)c(F)c1=O.CNC.[B-]OC(C)=O.[Na+]. The van der Waals surface area contributed by atoms with Crippen molar-refractivity contribution >= 4 is 44.2 Å². The molecule has 351 valence electrons. The third-order valence-corrected chi connectivity index (χ3v) is 7.81. The van der Waals surface area contributed by atoms with Crippen LogP contribution in [0.1, 0.15) is 109 Å². The van der Waals surface area contributed by atoms with Gasteiger partial charge in [-0.3, -0.25) is 23.5 Å². The fraction of sp³-hybridized carbons (Fsp3) is 0.619. The summed E-state index contributed by atoms with van der Waals surface area (Å²) in [7, 11) is 11.9. The summed E-state index contributed by atoms with van der Waals surface area (Å²) in [5.41, 5.74) is -0.0135. The first-order valence-corrected chi connectivity index (χ1v) is 19.9. The van der Waals surface area contributed by atoms with Gasteiger partial charge in [-0.1, -0.05) is 27.7 Å². The molecule has 3 radical (unpaired) electrons. The molecule has 0 bridgehead atoms. The van der Waals surface area contributed by atoms with Crippen LogP contribution in [0.15, 0.2) is 22.0 Å². The average Bonchev–Trinajstić information content (AvgIpc) is 3.18. The number of hydrogen-bond donors (Lipinski definition) is 1. The minimum absolute atomic E-state index is 0. The van der Waals surface area contributed by atoms with Gasteiger partial charge in [-0.05, 0) is 109 Å². The molecule has 2 aromatic rings. The molecule has 0 saturated heterocycles. The second-order valence-electron chi connectivity index (χ2n) is 14.6. The molecule has 0 saturated carbocycles. The number of nitrogens with zero attached hydrogens (tertiary/aromatic N) is 3. The molecule has 0 aromatic carbocycles. The van der Waals surface area contributed by atoms with Gasteiger partial charge in [0.2, 0.25) is 5.97 Å². The quantitative estimate of drug-likeness (QED) is 0.0877. The Morgan fingerprint density at radius 3 is 1.35 bits per heavy atom. The molecule has 0 aliphatic carbocycles. The first-order chi connectivity index (χ1) is 28.8. The molecular weight excluding hydrogens is 840 g/mol. The van der Waals surface area contributed by atoms with Crippen LogP contribution in [-0.4, -0.2) is 106 Å². The van der Waals surface area contributed by atoms with Crippen LogP contribution in [0.4, 0.5) is 8.78 Å². The number of carbonyl (C=O) groups is 6. The fourth-order valence-corrected chi connectivity index (χ4v) is 4.96. The third kappa shape index (κ3) is 27.5. The number of rotatable bonds is 15. The second-order valence-corrected chi connectivity index (χ2v) is 14.6. The van der Waals surface area contributed by atoms with E-state index in [0.29, 0.717) is 36.7 Å². The predicted molar refractivity (Wildman–Crippen MR) is 229 cm³/mol. The van der Waals surface area contributed by atoms with Crippen LogP contribution >= 0.6 is 0 Å². The Hall–Kier alpha value is -4.24. The van der Waals surface area contributed by atoms with Gasteiger partial charge in [0, 0.05) is 46.1 Å². The second kappa shape index (κ2) is 36.1. The maximum absolute atomic E-state index is 14.4. The molecule has 1 N–H and O–H groups in total. The van der Waals surface area contributed by atoms with Gasteiger partial charge in [0.15, 0.2) is 11.6 Å². The summed E-state index contributed by atoms with van der Waals surface area (Å²) in [6, 6.07) is -1.70. The molecule has 0 spiro atoms. The maximum atomic E-state index is 14.4. The summed E-state index contributed by atoms with van der Waals surface area (Å²) < 4.78 is 44.5. The zero-order valence-corrected chi connectivity index (χ0v) is 42.0. The van der Waals surface area contributed by atoms with Gasteiger partial charge in [0.1, 0.15) is 18.4 Å². The van der Waals surface area contributed by atoms with Crippen molar-refractivity contribution in [3.63, 3.8) is 0 Å². The summed E-state index contributed by atoms with van der Waals surface area (Å²) in [5.74, 6) is -4.25. The molecule has 2 heterocycles. The molecule has 2 rings (SSSR count). The van der Waals surface area contributed by atoms with Crippen molar-refractivity contribution in [2.24, 2.45) is 11.8 Å². The Morgan fingerprint density at radius 1 is 0.746 bits per heavy atom. The van der Waals surface area contributed by atoms with Crippen LogP contribution in [0.2, 0.25) is 0 Å². The molecule has 17 nitrogen and oxygen atoms in total. The van der Waals surface area contributed by atoms with E-state index in [-0.39, 0.29) is 66.6 Å². The van der Waals surface area contributed by atoms with E-state index in [2.05, 4.69) is 27.8 Å². The standard InChI is InChI=1S/C18H29FN2O3.C16H22FNO4.C4H6O4.C2H3BO2.C2H7N.Na/c1-7-24-18(23)15(10-12(2)3)21-11-14(8-9-20(5)6)13(4)16(19)17(21)22;1-5-22-16(21)13(8-10(2)3)18-9-12(6-7-19)11(4)14(17)15(18)20;1-3(5)7-8-4(2)6;1-2(4)5-3;1-3-2;/h11-12,15H,7-10H2,1-6H3;7,9-10,13H,5-6,8H2,1-4H3;1-2H3;1H3;3H,1-2H3;/q;;;-1;;+1. The van der Waals surface area contributed by atoms with Crippen LogP contribution in [0.5, 0.6) is 0 Å². The van der Waals surface area contributed by atoms with E-state index in [1.807, 2.05) is 60.8 Å². The summed E-state index contributed by atoms with van der Waals surface area (Å²) >= 11 is 0. The van der Waals surface area contributed by atoms with Crippen LogP contribution in [0, 0.1) is 37.3 Å². The van der Waals surface area contributed by atoms with Crippen molar-refractivity contribution in [2.45, 2.75) is 114 Å². The maximum Gasteiger partial charge on any atom is 1.00 e. The number of nitrogens with one attached hydrogen (secondary N) is 1. The summed E-state index contributed by atoms with van der Waals surface area (Å²) in [6.07, 6.45) is 5.01. The monoisotopic (exact) mass is 907 g/mol. The smallest absolute Gasteiger partial charge is 0.793 e. The zero-order valence-electron chi connectivity index (χ0n) is 40.0. The molecule has 0 amide bonds. The number of pyridine rings is 2. The Labute approximate surface area is 393 Å². The summed E-state index contributed by atoms with van der Waals surface area (Å²) in [4.78, 5) is 98.5. The van der Waals surface area contributed by atoms with Crippen LogP contribution < -0.4 is 46.0 Å². The van der Waals surface area contributed by atoms with Gasteiger partial charge in [-0.2, -0.15) is 0 Å². The molecule has 2 unspecified atom stereocenters. The Kier molecular flexibility index (Phi) is 37.5. The van der Waals surface area contributed by atoms with Gasteiger partial charge in [-0.15, -0.1) is 0 Å². The van der Waals surface area contributed by atoms with Gasteiger partial charge < -0.3 is 37.2 Å². The first kappa shape index (κ1) is 65.4. The van der Waals surface area contributed by atoms with E-state index < -0.39 is 64.7 Å². The molecule has 0 aliphatic heterocycles. The van der Waals surface area contributed by atoms with Crippen LogP contribution in [0.3, 0.4) is 0 Å².